The average Bonchev–Trinajstić information content (AvgIpc) is 2.58. The number of alkyl halides is 2. The molecule has 1 amide bonds. The van der Waals surface area contributed by atoms with E-state index in [0.29, 0.717) is 5.56 Å². The molecule has 1 rings (SSSR count). The van der Waals surface area contributed by atoms with Gasteiger partial charge in [0.1, 0.15) is 6.04 Å². The van der Waals surface area contributed by atoms with Gasteiger partial charge in [-0.15, -0.1) is 11.3 Å². The highest BCUT2D eigenvalue weighted by Crippen LogP contribution is 2.20. The number of amides is 1. The van der Waals surface area contributed by atoms with Crippen LogP contribution in [-0.4, -0.2) is 29.5 Å². The molecule has 7 heteroatoms. The molecule has 1 aromatic heterocycles. The first kappa shape index (κ1) is 14.6. The first-order valence-corrected chi connectivity index (χ1v) is 6.07. The van der Waals surface area contributed by atoms with E-state index in [9.17, 15) is 18.4 Å². The van der Waals surface area contributed by atoms with Crippen molar-refractivity contribution in [2.24, 2.45) is 0 Å². The Kier molecular flexibility index (Phi) is 4.77. The summed E-state index contributed by atoms with van der Waals surface area (Å²) in [5.41, 5.74) is 1.07. The Morgan fingerprint density at radius 3 is 2.44 bits per heavy atom. The molecule has 0 fully saturated rings. The van der Waals surface area contributed by atoms with Gasteiger partial charge in [0.15, 0.2) is 0 Å². The number of carboxylic acids is 1. The van der Waals surface area contributed by atoms with E-state index in [1.165, 1.54) is 11.3 Å². The van der Waals surface area contributed by atoms with Crippen LogP contribution in [-0.2, 0) is 4.79 Å². The smallest absolute Gasteiger partial charge is 0.326 e. The van der Waals surface area contributed by atoms with Gasteiger partial charge in [0.2, 0.25) is 6.43 Å². The molecule has 100 valence electrons. The third-order valence-corrected chi connectivity index (χ3v) is 3.56. The summed E-state index contributed by atoms with van der Waals surface area (Å²) in [5, 5.41) is 12.4. The van der Waals surface area contributed by atoms with Crippen molar-refractivity contribution >= 4 is 23.2 Å². The van der Waals surface area contributed by atoms with Gasteiger partial charge in [0.05, 0.1) is 5.56 Å². The number of nitrogens with one attached hydrogen (secondary N) is 1. The van der Waals surface area contributed by atoms with Crippen molar-refractivity contribution < 1.29 is 23.5 Å². The molecule has 1 atom stereocenters. The van der Waals surface area contributed by atoms with E-state index in [-0.39, 0.29) is 0 Å². The van der Waals surface area contributed by atoms with Crippen LogP contribution in [0.1, 0.15) is 27.2 Å². The highest BCUT2D eigenvalue weighted by molar-refractivity contribution is 7.10. The summed E-state index contributed by atoms with van der Waals surface area (Å²) in [7, 11) is 0. The molecule has 1 unspecified atom stereocenters. The van der Waals surface area contributed by atoms with Gasteiger partial charge >= 0.3 is 5.97 Å². The Hall–Kier alpha value is -1.50. The number of halogens is 2. The van der Waals surface area contributed by atoms with E-state index in [0.717, 1.165) is 10.4 Å². The molecule has 0 aliphatic heterocycles. The zero-order chi connectivity index (χ0) is 13.9. The van der Waals surface area contributed by atoms with E-state index in [1.54, 1.807) is 12.3 Å². The van der Waals surface area contributed by atoms with Gasteiger partial charge in [-0.3, -0.25) is 4.79 Å². The van der Waals surface area contributed by atoms with Crippen molar-refractivity contribution in [1.29, 1.82) is 0 Å². The van der Waals surface area contributed by atoms with Crippen LogP contribution in [0.3, 0.4) is 0 Å². The topological polar surface area (TPSA) is 66.4 Å². The van der Waals surface area contributed by atoms with Crippen molar-refractivity contribution in [3.63, 3.8) is 0 Å². The molecule has 0 spiro atoms. The summed E-state index contributed by atoms with van der Waals surface area (Å²) in [6.45, 7) is 3.55. The molecule has 0 radical (unpaired) electrons. The molecule has 0 bridgehead atoms. The van der Waals surface area contributed by atoms with Crippen LogP contribution in [0, 0.1) is 13.8 Å². The zero-order valence-corrected chi connectivity index (χ0v) is 10.7. The number of carbonyl (C=O) groups excluding carboxylic acids is 1. The molecule has 0 aliphatic rings. The van der Waals surface area contributed by atoms with Crippen molar-refractivity contribution in [2.45, 2.75) is 32.7 Å². The average molecular weight is 277 g/mol. The Balaban J connectivity index is 2.79. The summed E-state index contributed by atoms with van der Waals surface area (Å²) >= 11 is 1.35. The number of thiophene rings is 1. The van der Waals surface area contributed by atoms with Crippen LogP contribution >= 0.6 is 11.3 Å². The van der Waals surface area contributed by atoms with Crippen LogP contribution < -0.4 is 5.32 Å². The quantitative estimate of drug-likeness (QED) is 0.867. The second-order valence-electron chi connectivity index (χ2n) is 3.82. The number of aliphatic carboxylic acids is 1. The predicted molar refractivity (Wildman–Crippen MR) is 63.3 cm³/mol. The van der Waals surface area contributed by atoms with E-state index in [1.807, 2.05) is 6.92 Å². The minimum absolute atomic E-state index is 0.331. The molecule has 1 aromatic rings. The highest BCUT2D eigenvalue weighted by Gasteiger charge is 2.25. The summed E-state index contributed by atoms with van der Waals surface area (Å²) < 4.78 is 24.3. The Labute approximate surface area is 107 Å². The molecular formula is C11H13F2NO3S. The van der Waals surface area contributed by atoms with Gasteiger partial charge in [0, 0.05) is 16.7 Å². The van der Waals surface area contributed by atoms with Crippen LogP contribution in [0.15, 0.2) is 5.38 Å². The first-order valence-electron chi connectivity index (χ1n) is 5.19. The molecular weight excluding hydrogens is 264 g/mol. The number of carboxylic acid groups (broad SMARTS) is 1. The Morgan fingerprint density at radius 2 is 2.06 bits per heavy atom. The van der Waals surface area contributed by atoms with E-state index in [4.69, 9.17) is 5.11 Å². The van der Waals surface area contributed by atoms with Crippen LogP contribution in [0.25, 0.3) is 0 Å². The lowest BCUT2D eigenvalue weighted by molar-refractivity contribution is -0.140. The third-order valence-electron chi connectivity index (χ3n) is 2.55. The van der Waals surface area contributed by atoms with Crippen LogP contribution in [0.2, 0.25) is 0 Å². The number of carbonyl (C=O) groups is 2. The van der Waals surface area contributed by atoms with Gasteiger partial charge in [-0.1, -0.05) is 0 Å². The summed E-state index contributed by atoms with van der Waals surface area (Å²) in [4.78, 5) is 23.4. The molecule has 0 saturated carbocycles. The van der Waals surface area contributed by atoms with Gasteiger partial charge in [-0.2, -0.15) is 0 Å². The fourth-order valence-electron chi connectivity index (χ4n) is 1.37. The lowest BCUT2D eigenvalue weighted by atomic mass is 10.1. The summed E-state index contributed by atoms with van der Waals surface area (Å²) in [5.74, 6) is -2.10. The maximum absolute atomic E-state index is 12.2. The third kappa shape index (κ3) is 3.49. The van der Waals surface area contributed by atoms with E-state index >= 15 is 0 Å². The molecule has 18 heavy (non-hydrogen) atoms. The maximum atomic E-state index is 12.2. The van der Waals surface area contributed by atoms with Gasteiger partial charge in [-0.25, -0.2) is 13.6 Å². The van der Waals surface area contributed by atoms with Crippen molar-refractivity contribution in [3.05, 3.63) is 21.4 Å². The molecule has 0 aromatic carbocycles. The summed E-state index contributed by atoms with van der Waals surface area (Å²) in [6, 6.07) is -1.57. The lowest BCUT2D eigenvalue weighted by Crippen LogP contribution is -2.42. The van der Waals surface area contributed by atoms with Gasteiger partial charge < -0.3 is 10.4 Å². The number of hydrogen-bond acceptors (Lipinski definition) is 3. The van der Waals surface area contributed by atoms with Crippen molar-refractivity contribution in [3.8, 4) is 0 Å². The second-order valence-corrected chi connectivity index (χ2v) is 4.91. The Bertz CT molecular complexity index is 459. The lowest BCUT2D eigenvalue weighted by Gasteiger charge is -2.13. The van der Waals surface area contributed by atoms with Crippen molar-refractivity contribution in [1.82, 2.24) is 5.32 Å². The number of aryl methyl sites for hydroxylation is 1. The van der Waals surface area contributed by atoms with Crippen LogP contribution in [0.4, 0.5) is 8.78 Å². The van der Waals surface area contributed by atoms with Gasteiger partial charge in [-0.05, 0) is 19.4 Å². The molecule has 0 saturated heterocycles. The largest absolute Gasteiger partial charge is 0.480 e. The maximum Gasteiger partial charge on any atom is 0.326 e. The van der Waals surface area contributed by atoms with E-state index in [2.05, 4.69) is 5.32 Å². The molecule has 4 nitrogen and oxygen atoms in total. The monoisotopic (exact) mass is 277 g/mol. The van der Waals surface area contributed by atoms with Crippen molar-refractivity contribution in [2.75, 3.05) is 0 Å². The number of hydrogen-bond donors (Lipinski definition) is 2. The molecule has 0 aliphatic carbocycles. The highest BCUT2D eigenvalue weighted by atomic mass is 32.1. The minimum Gasteiger partial charge on any atom is -0.480 e. The zero-order valence-electron chi connectivity index (χ0n) is 9.87. The normalized spacial score (nSPS) is 12.5. The van der Waals surface area contributed by atoms with E-state index < -0.39 is 30.8 Å². The standard InChI is InChI=1S/C11H13F2NO3S/c1-5-6(2)18-4-7(5)10(15)14-8(11(16)17)3-9(12)13/h4,8-9H,3H2,1-2H3,(H,14,15)(H,16,17). The summed E-state index contributed by atoms with van der Waals surface area (Å²) in [6.07, 6.45) is -3.68. The number of rotatable bonds is 5. The fourth-order valence-corrected chi connectivity index (χ4v) is 2.24. The van der Waals surface area contributed by atoms with Gasteiger partial charge in [0.25, 0.3) is 5.91 Å². The molecule has 2 N–H and O–H groups in total. The Morgan fingerprint density at radius 1 is 1.44 bits per heavy atom. The second kappa shape index (κ2) is 5.90. The first-order chi connectivity index (χ1) is 8.32. The SMILES string of the molecule is Cc1scc(C(=O)NC(CC(F)F)C(=O)O)c1C. The fraction of sp³-hybridized carbons (Fsp3) is 0.455. The predicted octanol–water partition coefficient (Wildman–Crippen LogP) is 2.20. The minimum atomic E-state index is -2.78. The van der Waals surface area contributed by atoms with Crippen LogP contribution in [0.5, 0.6) is 0 Å². The molecule has 1 heterocycles.